The van der Waals surface area contributed by atoms with E-state index in [2.05, 4.69) is 28.2 Å². The minimum absolute atomic E-state index is 0.228. The van der Waals surface area contributed by atoms with Crippen LogP contribution in [0.5, 0.6) is 0 Å². The number of hydrogen-bond acceptors (Lipinski definition) is 5. The fourth-order valence-corrected chi connectivity index (χ4v) is 4.46. The Kier molecular flexibility index (Phi) is 6.99. The van der Waals surface area contributed by atoms with Crippen molar-refractivity contribution in [3.63, 3.8) is 0 Å². The molecule has 1 aliphatic rings. The Labute approximate surface area is 199 Å². The van der Waals surface area contributed by atoms with Crippen LogP contribution >= 0.6 is 12.6 Å². The van der Waals surface area contributed by atoms with Crippen molar-refractivity contribution in [2.45, 2.75) is 49.1 Å². The Morgan fingerprint density at radius 1 is 1.03 bits per heavy atom. The maximum atomic E-state index is 12.7. The molecule has 3 aromatic rings. The van der Waals surface area contributed by atoms with Crippen LogP contribution in [0.15, 0.2) is 78.0 Å². The molecule has 4 rings (SSSR count). The van der Waals surface area contributed by atoms with Gasteiger partial charge in [0.15, 0.2) is 0 Å². The van der Waals surface area contributed by atoms with Crippen LogP contribution in [0.25, 0.3) is 0 Å². The highest BCUT2D eigenvalue weighted by atomic mass is 32.1. The van der Waals surface area contributed by atoms with Gasteiger partial charge in [0.2, 0.25) is 0 Å². The Balaban J connectivity index is 1.38. The number of amides is 2. The van der Waals surface area contributed by atoms with Gasteiger partial charge in [0, 0.05) is 22.9 Å². The monoisotopic (exact) mass is 461 g/mol. The highest BCUT2D eigenvalue weighted by Gasteiger charge is 2.38. The van der Waals surface area contributed by atoms with Crippen LogP contribution in [-0.2, 0) is 10.3 Å². The molecule has 1 fully saturated rings. The van der Waals surface area contributed by atoms with Gasteiger partial charge < -0.3 is 15.4 Å². The van der Waals surface area contributed by atoms with Crippen LogP contribution in [0.2, 0.25) is 0 Å². The largest absolute Gasteiger partial charge is 0.442 e. The van der Waals surface area contributed by atoms with Crippen molar-refractivity contribution in [3.05, 3.63) is 89.7 Å². The molecule has 1 heterocycles. The van der Waals surface area contributed by atoms with Gasteiger partial charge in [0.05, 0.1) is 11.2 Å². The molecule has 1 aromatic heterocycles. The number of benzene rings is 2. The normalized spacial score (nSPS) is 15.5. The summed E-state index contributed by atoms with van der Waals surface area (Å²) in [5, 5.41) is 5.95. The molecule has 2 amide bonds. The SMILES string of the molecule is C[C@H](OC(=O)NC1(c2cccnc2)CCCC1)c1ccc(C(=O)Nc2ccccc2S)cc1. The highest BCUT2D eigenvalue weighted by Crippen LogP contribution is 2.38. The molecule has 0 aliphatic heterocycles. The number of pyridine rings is 1. The van der Waals surface area contributed by atoms with E-state index in [0.717, 1.165) is 36.8 Å². The molecule has 1 atom stereocenters. The molecular weight excluding hydrogens is 434 g/mol. The molecule has 33 heavy (non-hydrogen) atoms. The smallest absolute Gasteiger partial charge is 0.408 e. The lowest BCUT2D eigenvalue weighted by molar-refractivity contribution is 0.0954. The lowest BCUT2D eigenvalue weighted by atomic mass is 9.89. The number of thiol groups is 1. The van der Waals surface area contributed by atoms with Crippen LogP contribution in [0.1, 0.15) is 60.2 Å². The first-order chi connectivity index (χ1) is 16.0. The van der Waals surface area contributed by atoms with Crippen molar-refractivity contribution >= 4 is 30.3 Å². The van der Waals surface area contributed by atoms with E-state index in [1.807, 2.05) is 43.5 Å². The van der Waals surface area contributed by atoms with Crippen molar-refractivity contribution in [2.75, 3.05) is 5.32 Å². The van der Waals surface area contributed by atoms with Gasteiger partial charge in [-0.2, -0.15) is 0 Å². The van der Waals surface area contributed by atoms with E-state index in [4.69, 9.17) is 4.74 Å². The molecule has 1 aliphatic carbocycles. The predicted molar refractivity (Wildman–Crippen MR) is 131 cm³/mol. The Bertz CT molecular complexity index is 1110. The molecule has 2 aromatic carbocycles. The van der Waals surface area contributed by atoms with E-state index < -0.39 is 17.7 Å². The molecule has 0 saturated heterocycles. The fourth-order valence-electron chi connectivity index (χ4n) is 4.24. The Morgan fingerprint density at radius 3 is 2.42 bits per heavy atom. The summed E-state index contributed by atoms with van der Waals surface area (Å²) in [4.78, 5) is 30.2. The van der Waals surface area contributed by atoms with Crippen LogP contribution < -0.4 is 10.6 Å². The zero-order valence-electron chi connectivity index (χ0n) is 18.5. The molecule has 6 nitrogen and oxygen atoms in total. The third-order valence-corrected chi connectivity index (χ3v) is 6.48. The second-order valence-electron chi connectivity index (χ2n) is 8.30. The number of rotatable bonds is 6. The van der Waals surface area contributed by atoms with Crippen molar-refractivity contribution in [1.82, 2.24) is 10.3 Å². The molecule has 170 valence electrons. The summed E-state index contributed by atoms with van der Waals surface area (Å²) in [7, 11) is 0. The van der Waals surface area contributed by atoms with Gasteiger partial charge in [-0.25, -0.2) is 4.79 Å². The van der Waals surface area contributed by atoms with E-state index >= 15 is 0 Å². The first-order valence-electron chi connectivity index (χ1n) is 11.1. The van der Waals surface area contributed by atoms with Gasteiger partial charge in [0.1, 0.15) is 6.10 Å². The number of hydrogen-bond donors (Lipinski definition) is 3. The number of aromatic nitrogens is 1. The average molecular weight is 462 g/mol. The topological polar surface area (TPSA) is 80.3 Å². The van der Waals surface area contributed by atoms with Gasteiger partial charge in [-0.1, -0.05) is 43.2 Å². The molecule has 1 saturated carbocycles. The number of nitrogens with one attached hydrogen (secondary N) is 2. The van der Waals surface area contributed by atoms with Crippen molar-refractivity contribution in [3.8, 4) is 0 Å². The second-order valence-corrected chi connectivity index (χ2v) is 8.78. The van der Waals surface area contributed by atoms with E-state index in [9.17, 15) is 9.59 Å². The predicted octanol–water partition coefficient (Wildman–Crippen LogP) is 5.88. The van der Waals surface area contributed by atoms with Crippen LogP contribution in [0.3, 0.4) is 0 Å². The van der Waals surface area contributed by atoms with E-state index in [1.165, 1.54) is 0 Å². The summed E-state index contributed by atoms with van der Waals surface area (Å²) in [6.45, 7) is 1.82. The van der Waals surface area contributed by atoms with Gasteiger partial charge in [-0.05, 0) is 61.2 Å². The summed E-state index contributed by atoms with van der Waals surface area (Å²) in [6.07, 6.45) is 6.44. The maximum Gasteiger partial charge on any atom is 0.408 e. The Hall–Kier alpha value is -3.32. The quantitative estimate of drug-likeness (QED) is 0.401. The highest BCUT2D eigenvalue weighted by molar-refractivity contribution is 7.80. The lowest BCUT2D eigenvalue weighted by Gasteiger charge is -2.30. The number of nitrogens with zero attached hydrogens (tertiary/aromatic N) is 1. The molecule has 0 bridgehead atoms. The molecule has 2 N–H and O–H groups in total. The van der Waals surface area contributed by atoms with Crippen LogP contribution in [0, 0.1) is 0 Å². The van der Waals surface area contributed by atoms with Gasteiger partial charge in [0.25, 0.3) is 5.91 Å². The summed E-state index contributed by atoms with van der Waals surface area (Å²) < 4.78 is 5.68. The average Bonchev–Trinajstić information content (AvgIpc) is 3.30. The van der Waals surface area contributed by atoms with Gasteiger partial charge in [-0.3, -0.25) is 9.78 Å². The van der Waals surface area contributed by atoms with E-state index in [-0.39, 0.29) is 5.91 Å². The van der Waals surface area contributed by atoms with Crippen molar-refractivity contribution < 1.29 is 14.3 Å². The third-order valence-electron chi connectivity index (χ3n) is 6.09. The van der Waals surface area contributed by atoms with Crippen molar-refractivity contribution in [2.24, 2.45) is 0 Å². The summed E-state index contributed by atoms with van der Waals surface area (Å²) >= 11 is 4.36. The van der Waals surface area contributed by atoms with E-state index in [0.29, 0.717) is 16.1 Å². The van der Waals surface area contributed by atoms with Gasteiger partial charge in [-0.15, -0.1) is 12.6 Å². The Morgan fingerprint density at radius 2 is 1.76 bits per heavy atom. The minimum Gasteiger partial charge on any atom is -0.442 e. The summed E-state index contributed by atoms with van der Waals surface area (Å²) in [6, 6.07) is 18.2. The zero-order chi connectivity index (χ0) is 23.3. The lowest BCUT2D eigenvalue weighted by Crippen LogP contribution is -2.44. The maximum absolute atomic E-state index is 12.7. The molecule has 0 radical (unpaired) electrons. The van der Waals surface area contributed by atoms with Crippen LogP contribution in [-0.4, -0.2) is 17.0 Å². The first kappa shape index (κ1) is 22.9. The molecule has 0 spiro atoms. The summed E-state index contributed by atoms with van der Waals surface area (Å²) in [5.74, 6) is -0.228. The van der Waals surface area contributed by atoms with E-state index in [1.54, 1.807) is 36.5 Å². The number of alkyl carbamates (subject to hydrolysis) is 1. The standard InChI is InChI=1S/C26H27N3O3S/c1-18(32-25(31)29-26(14-4-5-15-26)21-7-6-16-27-17-21)19-10-12-20(13-11-19)24(30)28-22-8-2-3-9-23(22)33/h2-3,6-13,16-18,33H,4-5,14-15H2,1H3,(H,28,30)(H,29,31)/t18-/m0/s1. The van der Waals surface area contributed by atoms with Crippen molar-refractivity contribution in [1.29, 1.82) is 0 Å². The number of anilines is 1. The second kappa shape index (κ2) is 10.1. The number of carbonyl (C=O) groups is 2. The number of carbonyl (C=O) groups excluding carboxylic acids is 2. The molecule has 7 heteroatoms. The fraction of sp³-hybridized carbons (Fsp3) is 0.269. The number of para-hydroxylation sites is 1. The number of ether oxygens (including phenoxy) is 1. The molecule has 0 unspecified atom stereocenters. The zero-order valence-corrected chi connectivity index (χ0v) is 19.3. The van der Waals surface area contributed by atoms with Gasteiger partial charge >= 0.3 is 6.09 Å². The first-order valence-corrected chi connectivity index (χ1v) is 11.5. The minimum atomic E-state index is -0.465. The van der Waals surface area contributed by atoms with Crippen LogP contribution in [0.4, 0.5) is 10.5 Å². The molecular formula is C26H27N3O3S. The third kappa shape index (κ3) is 5.37. The summed E-state index contributed by atoms with van der Waals surface area (Å²) in [5.41, 5.74) is 2.53.